The van der Waals surface area contributed by atoms with Gasteiger partial charge in [0.05, 0.1) is 11.0 Å². The average molecular weight is 342 g/mol. The molecule has 2 N–H and O–H groups in total. The molecule has 0 bridgehead atoms. The summed E-state index contributed by atoms with van der Waals surface area (Å²) in [5.74, 6) is 0.981. The highest BCUT2D eigenvalue weighted by Crippen LogP contribution is 2.31. The van der Waals surface area contributed by atoms with E-state index in [2.05, 4.69) is 9.97 Å². The summed E-state index contributed by atoms with van der Waals surface area (Å²) in [7, 11) is 0. The number of aromatic nitrogens is 2. The Hall–Kier alpha value is -3.40. The second-order valence-corrected chi connectivity index (χ2v) is 6.44. The lowest BCUT2D eigenvalue weighted by Crippen LogP contribution is -1.94. The molecule has 1 aromatic heterocycles. The van der Waals surface area contributed by atoms with Crippen LogP contribution in [0.2, 0.25) is 0 Å². The third-order valence-corrected chi connectivity index (χ3v) is 4.48. The zero-order valence-electron chi connectivity index (χ0n) is 14.6. The second kappa shape index (κ2) is 6.15. The fourth-order valence-corrected chi connectivity index (χ4v) is 3.19. The van der Waals surface area contributed by atoms with Gasteiger partial charge < -0.3 is 10.1 Å². The van der Waals surface area contributed by atoms with Gasteiger partial charge in [0, 0.05) is 16.7 Å². The van der Waals surface area contributed by atoms with Gasteiger partial charge >= 0.3 is 0 Å². The molecule has 26 heavy (non-hydrogen) atoms. The quantitative estimate of drug-likeness (QED) is 0.508. The van der Waals surface area contributed by atoms with Crippen LogP contribution in [-0.2, 0) is 0 Å². The number of carbonyl (C=O) groups excluding carboxylic acids is 1. The van der Waals surface area contributed by atoms with Crippen molar-refractivity contribution in [3.63, 3.8) is 0 Å². The van der Waals surface area contributed by atoms with Gasteiger partial charge in [0.1, 0.15) is 11.6 Å². The number of aryl methyl sites for hydroxylation is 1. The Balaban J connectivity index is 1.78. The molecule has 0 atom stereocenters. The van der Waals surface area contributed by atoms with Gasteiger partial charge in [0.25, 0.3) is 0 Å². The number of Topliss-reactive ketones (excluding diaryl/α,β-unsaturated/α-hetero) is 1. The van der Waals surface area contributed by atoms with Crippen molar-refractivity contribution in [2.24, 2.45) is 0 Å². The SMILES string of the molecule is CC(=O)c1cc(C)cc2[nH]c(-c3ccc(-c4ccccc4O)cc3)nc12. The van der Waals surface area contributed by atoms with Crippen molar-refractivity contribution in [2.75, 3.05) is 0 Å². The molecule has 0 saturated heterocycles. The van der Waals surface area contributed by atoms with Gasteiger partial charge in [0.15, 0.2) is 5.78 Å². The van der Waals surface area contributed by atoms with Crippen LogP contribution in [0.4, 0.5) is 0 Å². The largest absolute Gasteiger partial charge is 0.507 e. The van der Waals surface area contributed by atoms with Gasteiger partial charge in [-0.1, -0.05) is 42.5 Å². The molecule has 4 aromatic rings. The molecule has 0 radical (unpaired) electrons. The molecule has 0 spiro atoms. The minimum atomic E-state index is 0.00616. The molecule has 0 amide bonds. The number of rotatable bonds is 3. The van der Waals surface area contributed by atoms with Crippen LogP contribution >= 0.6 is 0 Å². The molecule has 0 unspecified atom stereocenters. The molecule has 0 aliphatic rings. The average Bonchev–Trinajstić information content (AvgIpc) is 3.05. The van der Waals surface area contributed by atoms with E-state index in [0.717, 1.165) is 33.6 Å². The van der Waals surface area contributed by atoms with Crippen molar-refractivity contribution < 1.29 is 9.90 Å². The van der Waals surface area contributed by atoms with Crippen molar-refractivity contribution in [2.45, 2.75) is 13.8 Å². The Morgan fingerprint density at radius 3 is 2.38 bits per heavy atom. The van der Waals surface area contributed by atoms with E-state index in [1.165, 1.54) is 0 Å². The van der Waals surface area contributed by atoms with Gasteiger partial charge in [-0.25, -0.2) is 4.98 Å². The predicted molar refractivity (Wildman–Crippen MR) is 103 cm³/mol. The fraction of sp³-hybridized carbons (Fsp3) is 0.0909. The number of aromatic amines is 1. The Labute approximate surface area is 151 Å². The number of hydrogen-bond acceptors (Lipinski definition) is 3. The van der Waals surface area contributed by atoms with E-state index in [0.29, 0.717) is 11.1 Å². The smallest absolute Gasteiger partial charge is 0.162 e. The van der Waals surface area contributed by atoms with Crippen LogP contribution in [-0.4, -0.2) is 20.9 Å². The Bertz CT molecular complexity index is 1120. The molecule has 4 rings (SSSR count). The Morgan fingerprint density at radius 1 is 1.00 bits per heavy atom. The third-order valence-electron chi connectivity index (χ3n) is 4.48. The van der Waals surface area contributed by atoms with E-state index in [1.54, 1.807) is 19.1 Å². The number of imidazole rings is 1. The fourth-order valence-electron chi connectivity index (χ4n) is 3.19. The van der Waals surface area contributed by atoms with Gasteiger partial charge in [-0.05, 0) is 43.2 Å². The summed E-state index contributed by atoms with van der Waals surface area (Å²) in [5, 5.41) is 10.0. The van der Waals surface area contributed by atoms with Crippen molar-refractivity contribution in [3.8, 4) is 28.3 Å². The normalized spacial score (nSPS) is 11.0. The summed E-state index contributed by atoms with van der Waals surface area (Å²) in [4.78, 5) is 19.9. The number of phenolic OH excluding ortho intramolecular Hbond substituents is 1. The number of fused-ring (bicyclic) bond motifs is 1. The van der Waals surface area contributed by atoms with Gasteiger partial charge in [-0.3, -0.25) is 4.79 Å². The Morgan fingerprint density at radius 2 is 1.69 bits per heavy atom. The number of ketones is 1. The first kappa shape index (κ1) is 16.1. The van der Waals surface area contributed by atoms with Crippen molar-refractivity contribution in [1.82, 2.24) is 9.97 Å². The van der Waals surface area contributed by atoms with Crippen LogP contribution in [0.5, 0.6) is 5.75 Å². The maximum absolute atomic E-state index is 11.9. The number of carbonyl (C=O) groups is 1. The van der Waals surface area contributed by atoms with Crippen LogP contribution in [0.1, 0.15) is 22.8 Å². The summed E-state index contributed by atoms with van der Waals surface area (Å²) in [6, 6.07) is 18.9. The number of nitrogens with zero attached hydrogens (tertiary/aromatic N) is 1. The maximum Gasteiger partial charge on any atom is 0.162 e. The molecule has 0 saturated carbocycles. The minimum Gasteiger partial charge on any atom is -0.507 e. The Kier molecular flexibility index (Phi) is 3.81. The van der Waals surface area contributed by atoms with Crippen molar-refractivity contribution in [3.05, 3.63) is 71.8 Å². The molecule has 0 fully saturated rings. The van der Waals surface area contributed by atoms with E-state index in [1.807, 2.05) is 55.5 Å². The number of benzene rings is 3. The summed E-state index contributed by atoms with van der Waals surface area (Å²) >= 11 is 0. The molecule has 0 aliphatic carbocycles. The zero-order chi connectivity index (χ0) is 18.3. The number of aromatic hydroxyl groups is 1. The molecular weight excluding hydrogens is 324 g/mol. The first-order chi connectivity index (χ1) is 12.5. The van der Waals surface area contributed by atoms with E-state index < -0.39 is 0 Å². The summed E-state index contributed by atoms with van der Waals surface area (Å²) < 4.78 is 0. The molecule has 4 nitrogen and oxygen atoms in total. The first-order valence-electron chi connectivity index (χ1n) is 8.43. The van der Waals surface area contributed by atoms with Gasteiger partial charge in [0.2, 0.25) is 0 Å². The summed E-state index contributed by atoms with van der Waals surface area (Å²) in [6.07, 6.45) is 0. The lowest BCUT2D eigenvalue weighted by molar-refractivity contribution is 0.101. The highest BCUT2D eigenvalue weighted by atomic mass is 16.3. The van der Waals surface area contributed by atoms with Crippen LogP contribution in [0.15, 0.2) is 60.7 Å². The lowest BCUT2D eigenvalue weighted by atomic mass is 10.0. The first-order valence-corrected chi connectivity index (χ1v) is 8.43. The summed E-state index contributed by atoms with van der Waals surface area (Å²) in [6.45, 7) is 3.53. The van der Waals surface area contributed by atoms with E-state index in [9.17, 15) is 9.90 Å². The number of nitrogens with one attached hydrogen (secondary N) is 1. The van der Waals surface area contributed by atoms with E-state index in [4.69, 9.17) is 0 Å². The molecule has 3 aromatic carbocycles. The number of H-pyrrole nitrogens is 1. The van der Waals surface area contributed by atoms with Crippen LogP contribution in [0.25, 0.3) is 33.5 Å². The predicted octanol–water partition coefficient (Wildman–Crippen LogP) is 5.11. The van der Waals surface area contributed by atoms with Gasteiger partial charge in [-0.2, -0.15) is 0 Å². The van der Waals surface area contributed by atoms with Crippen molar-refractivity contribution >= 4 is 16.8 Å². The number of phenols is 1. The second-order valence-electron chi connectivity index (χ2n) is 6.44. The van der Waals surface area contributed by atoms with E-state index in [-0.39, 0.29) is 11.5 Å². The van der Waals surface area contributed by atoms with Gasteiger partial charge in [-0.15, -0.1) is 0 Å². The monoisotopic (exact) mass is 342 g/mol. The summed E-state index contributed by atoms with van der Waals surface area (Å²) in [5.41, 5.74) is 5.85. The number of hydrogen-bond donors (Lipinski definition) is 2. The molecule has 128 valence electrons. The highest BCUT2D eigenvalue weighted by Gasteiger charge is 2.13. The highest BCUT2D eigenvalue weighted by molar-refractivity contribution is 6.05. The van der Waals surface area contributed by atoms with Crippen LogP contribution in [0, 0.1) is 6.92 Å². The van der Waals surface area contributed by atoms with Crippen molar-refractivity contribution in [1.29, 1.82) is 0 Å². The minimum absolute atomic E-state index is 0.00616. The van der Waals surface area contributed by atoms with E-state index >= 15 is 0 Å². The molecule has 1 heterocycles. The maximum atomic E-state index is 11.9. The number of para-hydroxylation sites is 1. The molecule has 0 aliphatic heterocycles. The van der Waals surface area contributed by atoms with Crippen LogP contribution < -0.4 is 0 Å². The zero-order valence-corrected chi connectivity index (χ0v) is 14.6. The van der Waals surface area contributed by atoms with Crippen LogP contribution in [0.3, 0.4) is 0 Å². The third kappa shape index (κ3) is 2.75. The topological polar surface area (TPSA) is 66.0 Å². The molecule has 4 heteroatoms. The molecular formula is C22H18N2O2. The standard InChI is InChI=1S/C22H18N2O2/c1-13-11-18(14(2)25)21-19(12-13)23-22(24-21)16-9-7-15(8-10-16)17-5-3-4-6-20(17)26/h3-12,26H,1-2H3,(H,23,24). The lowest BCUT2D eigenvalue weighted by Gasteiger charge is -2.05.